The van der Waals surface area contributed by atoms with E-state index >= 15 is 0 Å². The summed E-state index contributed by atoms with van der Waals surface area (Å²) in [5.74, 6) is 0.505. The van der Waals surface area contributed by atoms with Gasteiger partial charge in [0.1, 0.15) is 0 Å². The van der Waals surface area contributed by atoms with Gasteiger partial charge in [0.05, 0.1) is 27.8 Å². The highest BCUT2D eigenvalue weighted by Gasteiger charge is 2.20. The highest BCUT2D eigenvalue weighted by Crippen LogP contribution is 2.38. The summed E-state index contributed by atoms with van der Waals surface area (Å²) in [7, 11) is 0. The molecule has 4 aromatic rings. The molecule has 0 radical (unpaired) electrons. The summed E-state index contributed by atoms with van der Waals surface area (Å²) < 4.78 is 0. The Balaban J connectivity index is 1.87. The number of aromatic nitrogens is 4. The van der Waals surface area contributed by atoms with Gasteiger partial charge in [0.25, 0.3) is 5.69 Å². The zero-order valence-electron chi connectivity index (χ0n) is 13.2. The van der Waals surface area contributed by atoms with E-state index in [1.54, 1.807) is 48.7 Å². The van der Waals surface area contributed by atoms with Crippen molar-refractivity contribution in [2.45, 2.75) is 0 Å². The maximum absolute atomic E-state index is 11.5. The quantitative estimate of drug-likeness (QED) is 0.411. The number of hydrogen-bond acceptors (Lipinski definition) is 6. The van der Waals surface area contributed by atoms with E-state index in [0.29, 0.717) is 33.3 Å². The van der Waals surface area contributed by atoms with E-state index in [-0.39, 0.29) is 5.69 Å². The smallest absolute Gasteiger partial charge is 0.279 e. The molecule has 0 spiro atoms. The Hall–Kier alpha value is -3.52. The molecule has 0 bridgehead atoms. The summed E-state index contributed by atoms with van der Waals surface area (Å²) in [5, 5.41) is 30.7. The first-order valence-corrected chi connectivity index (χ1v) is 7.97. The van der Waals surface area contributed by atoms with Crippen LogP contribution in [0, 0.1) is 10.1 Å². The molecule has 0 saturated heterocycles. The number of fused-ring (bicyclic) bond motifs is 1. The van der Waals surface area contributed by atoms with Crippen molar-refractivity contribution in [3.8, 4) is 11.1 Å². The number of nitrogens with zero attached hydrogens (tertiary/aromatic N) is 4. The Morgan fingerprint density at radius 2 is 1.92 bits per heavy atom. The van der Waals surface area contributed by atoms with E-state index < -0.39 is 4.92 Å². The normalized spacial score (nSPS) is 10.8. The molecule has 0 unspecified atom stereocenters. The number of hydrogen-bond donors (Lipinski definition) is 2. The lowest BCUT2D eigenvalue weighted by molar-refractivity contribution is -0.384. The van der Waals surface area contributed by atoms with Gasteiger partial charge in [-0.25, -0.2) is 0 Å². The number of nitro benzene ring substituents is 1. The van der Waals surface area contributed by atoms with E-state index in [0.717, 1.165) is 5.39 Å². The van der Waals surface area contributed by atoms with Gasteiger partial charge in [-0.15, -0.1) is 5.10 Å². The van der Waals surface area contributed by atoms with Crippen molar-refractivity contribution in [3.63, 3.8) is 0 Å². The fourth-order valence-corrected chi connectivity index (χ4v) is 2.84. The van der Waals surface area contributed by atoms with Crippen LogP contribution in [0.1, 0.15) is 0 Å². The second-order valence-electron chi connectivity index (χ2n) is 5.45. The van der Waals surface area contributed by atoms with Crippen LogP contribution in [-0.2, 0) is 0 Å². The molecule has 8 nitrogen and oxygen atoms in total. The van der Waals surface area contributed by atoms with Crippen molar-refractivity contribution in [1.82, 2.24) is 20.4 Å². The molecule has 2 aromatic heterocycles. The van der Waals surface area contributed by atoms with Crippen molar-refractivity contribution < 1.29 is 4.92 Å². The third-order valence-corrected chi connectivity index (χ3v) is 4.13. The zero-order valence-corrected chi connectivity index (χ0v) is 13.9. The Labute approximate surface area is 152 Å². The minimum Gasteiger partial charge on any atom is -0.337 e. The van der Waals surface area contributed by atoms with Crippen LogP contribution in [0.3, 0.4) is 0 Å². The lowest BCUT2D eigenvalue weighted by Crippen LogP contribution is -1.99. The molecule has 9 heteroatoms. The summed E-state index contributed by atoms with van der Waals surface area (Å²) in [6.07, 6.45) is 1.55. The van der Waals surface area contributed by atoms with Crippen LogP contribution >= 0.6 is 11.6 Å². The molecular formula is C17H11ClN6O2. The van der Waals surface area contributed by atoms with Gasteiger partial charge in [0.2, 0.25) is 0 Å². The van der Waals surface area contributed by atoms with Gasteiger partial charge in [-0.05, 0) is 29.8 Å². The summed E-state index contributed by atoms with van der Waals surface area (Å²) in [6, 6.07) is 13.5. The van der Waals surface area contributed by atoms with Gasteiger partial charge in [0.15, 0.2) is 11.5 Å². The highest BCUT2D eigenvalue weighted by molar-refractivity contribution is 6.30. The maximum Gasteiger partial charge on any atom is 0.279 e. The van der Waals surface area contributed by atoms with E-state index in [9.17, 15) is 10.1 Å². The number of benzene rings is 2. The van der Waals surface area contributed by atoms with Gasteiger partial charge in [-0.3, -0.25) is 15.2 Å². The van der Waals surface area contributed by atoms with Crippen LogP contribution in [0.25, 0.3) is 22.2 Å². The minimum absolute atomic E-state index is 0.0167. The number of nitro groups is 1. The van der Waals surface area contributed by atoms with Gasteiger partial charge in [0, 0.05) is 11.1 Å². The molecule has 0 atom stereocenters. The van der Waals surface area contributed by atoms with Crippen LogP contribution < -0.4 is 5.32 Å². The fraction of sp³-hybridized carbons (Fsp3) is 0. The average Bonchev–Trinajstić information content (AvgIpc) is 3.05. The number of rotatable bonds is 4. The average molecular weight is 367 g/mol. The second kappa shape index (κ2) is 6.41. The minimum atomic E-state index is -0.413. The molecule has 0 aliphatic carbocycles. The molecule has 0 aliphatic heterocycles. The van der Waals surface area contributed by atoms with Crippen LogP contribution in [0.2, 0.25) is 5.02 Å². The number of anilines is 2. The molecule has 2 aromatic carbocycles. The molecule has 26 heavy (non-hydrogen) atoms. The monoisotopic (exact) mass is 366 g/mol. The lowest BCUT2D eigenvalue weighted by atomic mass is 10.0. The van der Waals surface area contributed by atoms with Crippen molar-refractivity contribution in [3.05, 3.63) is 69.9 Å². The summed E-state index contributed by atoms with van der Waals surface area (Å²) >= 11 is 5.95. The van der Waals surface area contributed by atoms with Crippen LogP contribution in [0.15, 0.2) is 54.7 Å². The molecule has 2 heterocycles. The first kappa shape index (κ1) is 16.0. The molecule has 0 saturated carbocycles. The van der Waals surface area contributed by atoms with Gasteiger partial charge >= 0.3 is 0 Å². The van der Waals surface area contributed by atoms with E-state index in [1.165, 1.54) is 6.07 Å². The topological polar surface area (TPSA) is 110 Å². The van der Waals surface area contributed by atoms with Crippen LogP contribution in [0.5, 0.6) is 0 Å². The summed E-state index contributed by atoms with van der Waals surface area (Å²) in [5.41, 5.74) is 2.17. The number of H-pyrrole nitrogens is 1. The van der Waals surface area contributed by atoms with Gasteiger partial charge in [-0.2, -0.15) is 10.2 Å². The Bertz CT molecular complexity index is 1110. The van der Waals surface area contributed by atoms with Gasteiger partial charge in [-0.1, -0.05) is 29.8 Å². The SMILES string of the molecule is O=[N+]([O-])c1cccc(Nc2n[nH]c3nnccc23)c1-c1ccc(Cl)cc1. The molecule has 0 aliphatic rings. The molecule has 0 fully saturated rings. The van der Waals surface area contributed by atoms with E-state index in [2.05, 4.69) is 25.7 Å². The molecule has 4 rings (SSSR count). The van der Waals surface area contributed by atoms with E-state index in [4.69, 9.17) is 11.6 Å². The number of halogens is 1. The zero-order chi connectivity index (χ0) is 18.1. The van der Waals surface area contributed by atoms with Crippen LogP contribution in [0.4, 0.5) is 17.2 Å². The first-order valence-electron chi connectivity index (χ1n) is 7.59. The summed E-state index contributed by atoms with van der Waals surface area (Å²) in [4.78, 5) is 11.1. The predicted octanol–water partition coefficient (Wildman–Crippen LogP) is 4.33. The standard InChI is InChI=1S/C17H11ClN6O2/c18-11-6-4-10(5-7-11)15-13(2-1-3-14(15)24(25)26)20-16-12-8-9-19-21-17(12)23-22-16/h1-9H,(H2,20,21,22,23). The molecule has 2 N–H and O–H groups in total. The Morgan fingerprint density at radius 1 is 1.12 bits per heavy atom. The molecule has 0 amide bonds. The number of nitrogens with one attached hydrogen (secondary N) is 2. The maximum atomic E-state index is 11.5. The van der Waals surface area contributed by atoms with Crippen molar-refractivity contribution in [1.29, 1.82) is 0 Å². The third-order valence-electron chi connectivity index (χ3n) is 3.87. The molecular weight excluding hydrogens is 356 g/mol. The van der Waals surface area contributed by atoms with Crippen molar-refractivity contribution >= 4 is 39.8 Å². The summed E-state index contributed by atoms with van der Waals surface area (Å²) in [6.45, 7) is 0. The van der Waals surface area contributed by atoms with Crippen molar-refractivity contribution in [2.24, 2.45) is 0 Å². The largest absolute Gasteiger partial charge is 0.337 e. The Morgan fingerprint density at radius 3 is 2.69 bits per heavy atom. The predicted molar refractivity (Wildman–Crippen MR) is 98.5 cm³/mol. The van der Waals surface area contributed by atoms with Crippen molar-refractivity contribution in [2.75, 3.05) is 5.32 Å². The molecule has 128 valence electrons. The highest BCUT2D eigenvalue weighted by atomic mass is 35.5. The van der Waals surface area contributed by atoms with Gasteiger partial charge < -0.3 is 5.32 Å². The first-order chi connectivity index (χ1) is 12.6. The lowest BCUT2D eigenvalue weighted by Gasteiger charge is -2.11. The number of aromatic amines is 1. The van der Waals surface area contributed by atoms with E-state index in [1.807, 2.05) is 0 Å². The third kappa shape index (κ3) is 2.82. The Kier molecular flexibility index (Phi) is 3.94. The fourth-order valence-electron chi connectivity index (χ4n) is 2.71. The van der Waals surface area contributed by atoms with Crippen LogP contribution in [-0.4, -0.2) is 25.3 Å². The second-order valence-corrected chi connectivity index (χ2v) is 5.89.